The monoisotopic (exact) mass is 214 g/mol. The van der Waals surface area contributed by atoms with E-state index in [1.54, 1.807) is 0 Å². The highest BCUT2D eigenvalue weighted by atomic mass is 16.3. The van der Waals surface area contributed by atoms with Crippen molar-refractivity contribution in [1.82, 2.24) is 10.2 Å². The van der Waals surface area contributed by atoms with Gasteiger partial charge in [-0.15, -0.1) is 0 Å². The van der Waals surface area contributed by atoms with Gasteiger partial charge in [0.15, 0.2) is 0 Å². The fraction of sp³-hybridized carbons (Fsp3) is 0.909. The molecule has 0 bridgehead atoms. The maximum atomic E-state index is 11.4. The lowest BCUT2D eigenvalue weighted by Gasteiger charge is -2.32. The smallest absolute Gasteiger partial charge is 0.220 e. The number of nitrogens with zero attached hydrogens (tertiary/aromatic N) is 1. The van der Waals surface area contributed by atoms with Crippen molar-refractivity contribution in [3.05, 3.63) is 0 Å². The summed E-state index contributed by atoms with van der Waals surface area (Å²) in [7, 11) is 0. The van der Waals surface area contributed by atoms with Gasteiger partial charge >= 0.3 is 0 Å². The number of aliphatic hydroxyl groups is 1. The largest absolute Gasteiger partial charge is 0.396 e. The molecule has 0 saturated carbocycles. The summed E-state index contributed by atoms with van der Waals surface area (Å²) in [6.07, 6.45) is 3.26. The minimum absolute atomic E-state index is 0.0759. The lowest BCUT2D eigenvalue weighted by molar-refractivity contribution is -0.122. The number of aliphatic hydroxyl groups excluding tert-OH is 1. The lowest BCUT2D eigenvalue weighted by Crippen LogP contribution is -2.47. The first kappa shape index (κ1) is 12.5. The fourth-order valence-electron chi connectivity index (χ4n) is 2.00. The lowest BCUT2D eigenvalue weighted by atomic mass is 10.1. The summed E-state index contributed by atoms with van der Waals surface area (Å²) < 4.78 is 0. The van der Waals surface area contributed by atoms with Crippen molar-refractivity contribution in [3.8, 4) is 0 Å². The van der Waals surface area contributed by atoms with Crippen LogP contribution in [0.3, 0.4) is 0 Å². The molecule has 0 aliphatic carbocycles. The second-order valence-electron chi connectivity index (χ2n) is 4.13. The molecular formula is C11H22N2O2. The van der Waals surface area contributed by atoms with E-state index in [9.17, 15) is 4.79 Å². The van der Waals surface area contributed by atoms with Gasteiger partial charge in [0.1, 0.15) is 0 Å². The number of hydrogen-bond acceptors (Lipinski definition) is 3. The summed E-state index contributed by atoms with van der Waals surface area (Å²) in [4.78, 5) is 13.8. The molecule has 1 saturated heterocycles. The third-order valence-corrected chi connectivity index (χ3v) is 2.88. The predicted molar refractivity (Wildman–Crippen MR) is 59.6 cm³/mol. The van der Waals surface area contributed by atoms with Crippen LogP contribution >= 0.6 is 0 Å². The van der Waals surface area contributed by atoms with Gasteiger partial charge in [-0.1, -0.05) is 6.92 Å². The first-order valence-electron chi connectivity index (χ1n) is 5.88. The second-order valence-corrected chi connectivity index (χ2v) is 4.13. The normalized spacial score (nSPS) is 22.7. The van der Waals surface area contributed by atoms with Crippen molar-refractivity contribution in [3.63, 3.8) is 0 Å². The molecule has 15 heavy (non-hydrogen) atoms. The predicted octanol–water partition coefficient (Wildman–Crippen LogP) is 0.359. The Morgan fingerprint density at radius 1 is 1.60 bits per heavy atom. The molecule has 1 heterocycles. The van der Waals surface area contributed by atoms with E-state index in [4.69, 9.17) is 5.11 Å². The Morgan fingerprint density at radius 3 is 3.07 bits per heavy atom. The van der Waals surface area contributed by atoms with E-state index in [0.717, 1.165) is 26.1 Å². The second kappa shape index (κ2) is 6.80. The number of likely N-dealkylation sites (tertiary alicyclic amines) is 1. The molecule has 0 aromatic carbocycles. The number of likely N-dealkylation sites (N-methyl/N-ethyl adjacent to an activating group) is 1. The summed E-state index contributed by atoms with van der Waals surface area (Å²) in [5.74, 6) is 0.0759. The van der Waals surface area contributed by atoms with Crippen molar-refractivity contribution >= 4 is 5.91 Å². The minimum atomic E-state index is 0.0759. The number of carbonyl (C=O) groups excluding carboxylic acids is 1. The van der Waals surface area contributed by atoms with Crippen LogP contribution in [0, 0.1) is 0 Å². The average Bonchev–Trinajstić information content (AvgIpc) is 2.26. The number of hydrogen-bond donors (Lipinski definition) is 2. The third kappa shape index (κ3) is 4.62. The van der Waals surface area contributed by atoms with E-state index < -0.39 is 0 Å². The minimum Gasteiger partial charge on any atom is -0.396 e. The molecule has 1 unspecified atom stereocenters. The first-order chi connectivity index (χ1) is 7.26. The topological polar surface area (TPSA) is 52.6 Å². The maximum Gasteiger partial charge on any atom is 0.220 e. The molecule has 0 radical (unpaired) electrons. The van der Waals surface area contributed by atoms with Crippen molar-refractivity contribution in [2.24, 2.45) is 0 Å². The van der Waals surface area contributed by atoms with E-state index in [-0.39, 0.29) is 12.5 Å². The molecule has 88 valence electrons. The van der Waals surface area contributed by atoms with Crippen LogP contribution in [-0.4, -0.2) is 48.2 Å². The number of carbonyl (C=O) groups is 1. The van der Waals surface area contributed by atoms with E-state index in [2.05, 4.69) is 17.1 Å². The molecule has 1 amide bonds. The quantitative estimate of drug-likeness (QED) is 0.695. The van der Waals surface area contributed by atoms with E-state index >= 15 is 0 Å². The standard InChI is InChI=1S/C11H22N2O2/c1-2-13-7-3-5-10(9-13)12-11(15)6-4-8-14/h10,14H,2-9H2,1H3,(H,12,15). The van der Waals surface area contributed by atoms with Gasteiger partial charge in [0.25, 0.3) is 0 Å². The van der Waals surface area contributed by atoms with Gasteiger partial charge in [-0.3, -0.25) is 4.79 Å². The number of amides is 1. The molecule has 2 N–H and O–H groups in total. The Labute approximate surface area is 91.6 Å². The molecule has 0 spiro atoms. The van der Waals surface area contributed by atoms with Crippen LogP contribution in [0.15, 0.2) is 0 Å². The number of rotatable bonds is 5. The molecule has 1 aliphatic rings. The van der Waals surface area contributed by atoms with Gasteiger partial charge in [0, 0.05) is 25.6 Å². The van der Waals surface area contributed by atoms with Crippen LogP contribution in [-0.2, 0) is 4.79 Å². The Morgan fingerprint density at radius 2 is 2.40 bits per heavy atom. The summed E-state index contributed by atoms with van der Waals surface area (Å²) in [6, 6.07) is 0.310. The number of piperidine rings is 1. The average molecular weight is 214 g/mol. The Bertz CT molecular complexity index is 197. The van der Waals surface area contributed by atoms with Gasteiger partial charge in [-0.2, -0.15) is 0 Å². The van der Waals surface area contributed by atoms with Crippen molar-refractivity contribution < 1.29 is 9.90 Å². The van der Waals surface area contributed by atoms with Gasteiger partial charge < -0.3 is 15.3 Å². The van der Waals surface area contributed by atoms with Crippen LogP contribution < -0.4 is 5.32 Å². The van der Waals surface area contributed by atoms with Gasteiger partial charge in [0.05, 0.1) is 0 Å². The van der Waals surface area contributed by atoms with Crippen molar-refractivity contribution in [2.45, 2.75) is 38.6 Å². The molecule has 0 aromatic heterocycles. The molecular weight excluding hydrogens is 192 g/mol. The molecule has 4 nitrogen and oxygen atoms in total. The van der Waals surface area contributed by atoms with Crippen molar-refractivity contribution in [2.75, 3.05) is 26.2 Å². The zero-order valence-corrected chi connectivity index (χ0v) is 9.54. The van der Waals surface area contributed by atoms with Crippen molar-refractivity contribution in [1.29, 1.82) is 0 Å². The Balaban J connectivity index is 2.22. The fourth-order valence-corrected chi connectivity index (χ4v) is 2.00. The summed E-state index contributed by atoms with van der Waals surface area (Å²) in [6.45, 7) is 5.43. The van der Waals surface area contributed by atoms with Crippen LogP contribution in [0.25, 0.3) is 0 Å². The first-order valence-corrected chi connectivity index (χ1v) is 5.88. The molecule has 1 fully saturated rings. The third-order valence-electron chi connectivity index (χ3n) is 2.88. The highest BCUT2D eigenvalue weighted by Gasteiger charge is 2.19. The summed E-state index contributed by atoms with van der Waals surface area (Å²) in [5, 5.41) is 11.6. The molecule has 4 heteroatoms. The number of nitrogens with one attached hydrogen (secondary N) is 1. The van der Waals surface area contributed by atoms with E-state index in [1.165, 1.54) is 6.42 Å². The van der Waals surface area contributed by atoms with Crippen LogP contribution in [0.5, 0.6) is 0 Å². The van der Waals surface area contributed by atoms with Gasteiger partial charge in [-0.05, 0) is 32.4 Å². The zero-order valence-electron chi connectivity index (χ0n) is 9.54. The Kier molecular flexibility index (Phi) is 5.65. The molecule has 0 aromatic rings. The van der Waals surface area contributed by atoms with Crippen LogP contribution in [0.1, 0.15) is 32.6 Å². The summed E-state index contributed by atoms with van der Waals surface area (Å²) in [5.41, 5.74) is 0. The SMILES string of the molecule is CCN1CCCC(NC(=O)CCCO)C1. The van der Waals surface area contributed by atoms with E-state index in [1.807, 2.05) is 0 Å². The molecule has 1 aliphatic heterocycles. The van der Waals surface area contributed by atoms with Crippen LogP contribution in [0.4, 0.5) is 0 Å². The highest BCUT2D eigenvalue weighted by molar-refractivity contribution is 5.76. The maximum absolute atomic E-state index is 11.4. The summed E-state index contributed by atoms with van der Waals surface area (Å²) >= 11 is 0. The zero-order chi connectivity index (χ0) is 11.1. The van der Waals surface area contributed by atoms with E-state index in [0.29, 0.717) is 18.9 Å². The van der Waals surface area contributed by atoms with Crippen LogP contribution in [0.2, 0.25) is 0 Å². The molecule has 1 atom stereocenters. The van der Waals surface area contributed by atoms with Gasteiger partial charge in [0.2, 0.25) is 5.91 Å². The highest BCUT2D eigenvalue weighted by Crippen LogP contribution is 2.09. The molecule has 1 rings (SSSR count). The van der Waals surface area contributed by atoms with Gasteiger partial charge in [-0.25, -0.2) is 0 Å². The Hall–Kier alpha value is -0.610.